The minimum atomic E-state index is 0.579. The first-order valence-corrected chi connectivity index (χ1v) is 8.71. The summed E-state index contributed by atoms with van der Waals surface area (Å²) in [5.41, 5.74) is 3.11. The summed E-state index contributed by atoms with van der Waals surface area (Å²) in [5.74, 6) is 2.45. The van der Waals surface area contributed by atoms with Gasteiger partial charge in [-0.25, -0.2) is 0 Å². The number of hydrogen-bond donors (Lipinski definition) is 2. The fourth-order valence-corrected chi connectivity index (χ4v) is 2.87. The van der Waals surface area contributed by atoms with E-state index < -0.39 is 0 Å². The zero-order chi connectivity index (χ0) is 17.6. The summed E-state index contributed by atoms with van der Waals surface area (Å²) in [6, 6.07) is 15.8. The van der Waals surface area contributed by atoms with Crippen LogP contribution in [0.1, 0.15) is 5.56 Å². The molecular formula is C20H21N3O3. The molecule has 2 N–H and O–H groups in total. The fourth-order valence-electron chi connectivity index (χ4n) is 2.87. The van der Waals surface area contributed by atoms with Gasteiger partial charge in [0, 0.05) is 24.2 Å². The Bertz CT molecular complexity index is 849. The lowest BCUT2D eigenvalue weighted by atomic mass is 10.1. The van der Waals surface area contributed by atoms with Gasteiger partial charge in [0.15, 0.2) is 11.5 Å². The van der Waals surface area contributed by atoms with Gasteiger partial charge in [0.1, 0.15) is 25.6 Å². The van der Waals surface area contributed by atoms with Crippen molar-refractivity contribution in [2.24, 2.45) is 0 Å². The molecule has 3 aromatic rings. The standard InChI is InChI=1S/C20H21N3O3/c1-2-4-17(5-3-1)24-9-8-21-13-16-14-22-23-20(16)15-6-7-18-19(12-15)26-11-10-25-18/h1-7,12,14,21H,8-11,13H2,(H,22,23). The number of nitrogens with one attached hydrogen (secondary N) is 2. The number of aromatic amines is 1. The zero-order valence-corrected chi connectivity index (χ0v) is 14.4. The average Bonchev–Trinajstić information content (AvgIpc) is 3.17. The van der Waals surface area contributed by atoms with Crippen molar-refractivity contribution in [3.8, 4) is 28.5 Å². The molecule has 0 atom stereocenters. The molecule has 0 fully saturated rings. The highest BCUT2D eigenvalue weighted by molar-refractivity contribution is 5.66. The summed E-state index contributed by atoms with van der Waals surface area (Å²) in [7, 11) is 0. The number of rotatable bonds is 7. The molecule has 26 heavy (non-hydrogen) atoms. The fraction of sp³-hybridized carbons (Fsp3) is 0.250. The lowest BCUT2D eigenvalue weighted by Crippen LogP contribution is -2.20. The Morgan fingerprint density at radius 1 is 1.04 bits per heavy atom. The molecule has 0 radical (unpaired) electrons. The van der Waals surface area contributed by atoms with Gasteiger partial charge in [-0.05, 0) is 30.3 Å². The lowest BCUT2D eigenvalue weighted by Gasteiger charge is -2.18. The van der Waals surface area contributed by atoms with Crippen LogP contribution in [0.5, 0.6) is 17.2 Å². The average molecular weight is 351 g/mol. The van der Waals surface area contributed by atoms with E-state index in [2.05, 4.69) is 15.5 Å². The first kappa shape index (κ1) is 16.5. The predicted molar refractivity (Wildman–Crippen MR) is 98.7 cm³/mol. The van der Waals surface area contributed by atoms with Gasteiger partial charge in [-0.3, -0.25) is 5.10 Å². The van der Waals surface area contributed by atoms with E-state index in [1.54, 1.807) is 0 Å². The number of hydrogen-bond acceptors (Lipinski definition) is 5. The SMILES string of the molecule is c1ccc(OCCNCc2cn[nH]c2-c2ccc3c(c2)OCCO3)cc1. The summed E-state index contributed by atoms with van der Waals surface area (Å²) in [4.78, 5) is 0. The normalized spacial score (nSPS) is 12.8. The monoisotopic (exact) mass is 351 g/mol. The van der Waals surface area contributed by atoms with Gasteiger partial charge >= 0.3 is 0 Å². The highest BCUT2D eigenvalue weighted by Crippen LogP contribution is 2.34. The van der Waals surface area contributed by atoms with Gasteiger partial charge in [0.25, 0.3) is 0 Å². The lowest BCUT2D eigenvalue weighted by molar-refractivity contribution is 0.171. The molecule has 0 saturated heterocycles. The largest absolute Gasteiger partial charge is 0.492 e. The van der Waals surface area contributed by atoms with E-state index in [1.165, 1.54) is 0 Å². The maximum Gasteiger partial charge on any atom is 0.162 e. The van der Waals surface area contributed by atoms with Crippen LogP contribution in [-0.4, -0.2) is 36.6 Å². The molecule has 1 aromatic heterocycles. The Labute approximate surface area is 152 Å². The van der Waals surface area contributed by atoms with Crippen LogP contribution in [0.4, 0.5) is 0 Å². The minimum Gasteiger partial charge on any atom is -0.492 e. The Morgan fingerprint density at radius 2 is 1.88 bits per heavy atom. The van der Waals surface area contributed by atoms with Crippen molar-refractivity contribution in [2.45, 2.75) is 6.54 Å². The topological polar surface area (TPSA) is 68.4 Å². The second kappa shape index (κ2) is 7.93. The second-order valence-corrected chi connectivity index (χ2v) is 5.97. The molecule has 0 unspecified atom stereocenters. The molecule has 6 heteroatoms. The van der Waals surface area contributed by atoms with Crippen molar-refractivity contribution < 1.29 is 14.2 Å². The van der Waals surface area contributed by atoms with Gasteiger partial charge < -0.3 is 19.5 Å². The van der Waals surface area contributed by atoms with E-state index in [0.717, 1.165) is 40.6 Å². The van der Waals surface area contributed by atoms with Crippen LogP contribution in [0.25, 0.3) is 11.3 Å². The van der Waals surface area contributed by atoms with Crippen molar-refractivity contribution in [2.75, 3.05) is 26.4 Å². The zero-order valence-electron chi connectivity index (χ0n) is 14.4. The van der Waals surface area contributed by atoms with E-state index in [-0.39, 0.29) is 0 Å². The molecule has 0 amide bonds. The van der Waals surface area contributed by atoms with E-state index >= 15 is 0 Å². The Morgan fingerprint density at radius 3 is 2.77 bits per heavy atom. The molecule has 6 nitrogen and oxygen atoms in total. The molecule has 134 valence electrons. The van der Waals surface area contributed by atoms with Gasteiger partial charge in [-0.15, -0.1) is 0 Å². The molecule has 0 spiro atoms. The third-order valence-corrected chi connectivity index (χ3v) is 4.15. The number of ether oxygens (including phenoxy) is 3. The number of benzene rings is 2. The Kier molecular flexibility index (Phi) is 5.02. The minimum absolute atomic E-state index is 0.579. The van der Waals surface area contributed by atoms with Crippen molar-refractivity contribution in [3.63, 3.8) is 0 Å². The quantitative estimate of drug-likeness (QED) is 0.641. The summed E-state index contributed by atoms with van der Waals surface area (Å²) in [6.07, 6.45) is 1.84. The summed E-state index contributed by atoms with van der Waals surface area (Å²) in [5, 5.41) is 10.7. The first-order chi connectivity index (χ1) is 12.9. The second-order valence-electron chi connectivity index (χ2n) is 5.97. The van der Waals surface area contributed by atoms with Crippen LogP contribution in [0, 0.1) is 0 Å². The Balaban J connectivity index is 1.34. The van der Waals surface area contributed by atoms with Crippen molar-refractivity contribution in [3.05, 3.63) is 60.3 Å². The highest BCUT2D eigenvalue weighted by Gasteiger charge is 2.14. The molecule has 0 aliphatic carbocycles. The first-order valence-electron chi connectivity index (χ1n) is 8.71. The number of fused-ring (bicyclic) bond motifs is 1. The molecule has 0 saturated carbocycles. The van der Waals surface area contributed by atoms with Crippen LogP contribution < -0.4 is 19.5 Å². The van der Waals surface area contributed by atoms with Gasteiger partial charge in [-0.2, -0.15) is 5.10 Å². The van der Waals surface area contributed by atoms with Crippen molar-refractivity contribution in [1.82, 2.24) is 15.5 Å². The molecular weight excluding hydrogens is 330 g/mol. The molecule has 1 aliphatic rings. The Hall–Kier alpha value is -2.99. The third-order valence-electron chi connectivity index (χ3n) is 4.15. The molecule has 2 aromatic carbocycles. The van der Waals surface area contributed by atoms with E-state index in [4.69, 9.17) is 14.2 Å². The molecule has 1 aliphatic heterocycles. The number of nitrogens with zero attached hydrogens (tertiary/aromatic N) is 1. The maximum absolute atomic E-state index is 5.69. The van der Waals surface area contributed by atoms with Crippen LogP contribution in [0.15, 0.2) is 54.7 Å². The van der Waals surface area contributed by atoms with Crippen LogP contribution in [-0.2, 0) is 6.54 Å². The number of H-pyrrole nitrogens is 1. The van der Waals surface area contributed by atoms with Gasteiger partial charge in [0.2, 0.25) is 0 Å². The summed E-state index contributed by atoms with van der Waals surface area (Å²) in [6.45, 7) is 3.24. The van der Waals surface area contributed by atoms with Crippen LogP contribution in [0.2, 0.25) is 0 Å². The van der Waals surface area contributed by atoms with E-state index in [1.807, 2.05) is 54.7 Å². The summed E-state index contributed by atoms with van der Waals surface area (Å²) < 4.78 is 16.9. The molecule has 2 heterocycles. The number of para-hydroxylation sites is 1. The van der Waals surface area contributed by atoms with Crippen molar-refractivity contribution in [1.29, 1.82) is 0 Å². The third kappa shape index (κ3) is 3.81. The van der Waals surface area contributed by atoms with E-state index in [0.29, 0.717) is 26.4 Å². The molecule has 0 bridgehead atoms. The van der Waals surface area contributed by atoms with Gasteiger partial charge in [0.05, 0.1) is 11.9 Å². The van der Waals surface area contributed by atoms with E-state index in [9.17, 15) is 0 Å². The highest BCUT2D eigenvalue weighted by atomic mass is 16.6. The predicted octanol–water partition coefficient (Wildman–Crippen LogP) is 3.02. The van der Waals surface area contributed by atoms with Gasteiger partial charge in [-0.1, -0.05) is 18.2 Å². The smallest absolute Gasteiger partial charge is 0.162 e. The summed E-state index contributed by atoms with van der Waals surface area (Å²) >= 11 is 0. The molecule has 4 rings (SSSR count). The van der Waals surface area contributed by atoms with Crippen LogP contribution in [0.3, 0.4) is 0 Å². The van der Waals surface area contributed by atoms with Crippen molar-refractivity contribution >= 4 is 0 Å². The maximum atomic E-state index is 5.69. The van der Waals surface area contributed by atoms with Crippen LogP contribution >= 0.6 is 0 Å². The number of aromatic nitrogens is 2.